The number of nitrogens with zero attached hydrogens (tertiary/aromatic N) is 1. The van der Waals surface area contributed by atoms with E-state index in [-0.39, 0.29) is 18.1 Å². The highest BCUT2D eigenvalue weighted by Crippen LogP contribution is 2.29. The van der Waals surface area contributed by atoms with Gasteiger partial charge in [-0.3, -0.25) is 5.32 Å². The molecule has 3 rings (SSSR count). The zero-order chi connectivity index (χ0) is 16.4. The number of fused-ring (bicyclic) bond motifs is 1. The van der Waals surface area contributed by atoms with Crippen LogP contribution in [0.5, 0.6) is 5.75 Å². The third kappa shape index (κ3) is 3.64. The second kappa shape index (κ2) is 6.58. The van der Waals surface area contributed by atoms with E-state index in [1.54, 1.807) is 5.51 Å². The number of rotatable bonds is 4. The quantitative estimate of drug-likeness (QED) is 0.893. The first-order valence-electron chi connectivity index (χ1n) is 7.79. The lowest BCUT2D eigenvalue weighted by Gasteiger charge is -2.09. The number of benzene rings is 1. The molecule has 0 saturated heterocycles. The van der Waals surface area contributed by atoms with E-state index in [0.29, 0.717) is 6.54 Å². The van der Waals surface area contributed by atoms with Gasteiger partial charge in [-0.15, -0.1) is 11.3 Å². The lowest BCUT2D eigenvalue weighted by Crippen LogP contribution is -2.28. The van der Waals surface area contributed by atoms with Gasteiger partial charge in [-0.05, 0) is 30.0 Å². The average Bonchev–Trinajstić information content (AvgIpc) is 3.09. The summed E-state index contributed by atoms with van der Waals surface area (Å²) in [7, 11) is 0. The summed E-state index contributed by atoms with van der Waals surface area (Å²) in [5.41, 5.74) is 4.97. The van der Waals surface area contributed by atoms with Crippen molar-refractivity contribution in [2.24, 2.45) is 0 Å². The van der Waals surface area contributed by atoms with Crippen LogP contribution in [0.4, 0.5) is 9.80 Å². The van der Waals surface area contributed by atoms with Crippen LogP contribution in [0.2, 0.25) is 0 Å². The SMILES string of the molecule is CC1Cc2cc(CNC(=O)Nc3scnc3C(C)C)ccc2O1. The molecule has 122 valence electrons. The highest BCUT2D eigenvalue weighted by molar-refractivity contribution is 7.14. The molecular weight excluding hydrogens is 310 g/mol. The van der Waals surface area contributed by atoms with Gasteiger partial charge in [0.15, 0.2) is 0 Å². The highest BCUT2D eigenvalue weighted by atomic mass is 32.1. The minimum atomic E-state index is -0.207. The second-order valence-electron chi connectivity index (χ2n) is 6.10. The second-order valence-corrected chi connectivity index (χ2v) is 6.96. The third-order valence-corrected chi connectivity index (χ3v) is 4.54. The zero-order valence-electron chi connectivity index (χ0n) is 13.6. The molecule has 1 atom stereocenters. The molecule has 1 aromatic heterocycles. The summed E-state index contributed by atoms with van der Waals surface area (Å²) >= 11 is 1.44. The van der Waals surface area contributed by atoms with Gasteiger partial charge in [-0.1, -0.05) is 26.0 Å². The third-order valence-electron chi connectivity index (χ3n) is 3.78. The zero-order valence-corrected chi connectivity index (χ0v) is 14.4. The van der Waals surface area contributed by atoms with E-state index in [1.165, 1.54) is 16.9 Å². The largest absolute Gasteiger partial charge is 0.490 e. The molecule has 0 radical (unpaired) electrons. The summed E-state index contributed by atoms with van der Waals surface area (Å²) in [6.45, 7) is 6.67. The van der Waals surface area contributed by atoms with Crippen LogP contribution >= 0.6 is 11.3 Å². The summed E-state index contributed by atoms with van der Waals surface area (Å²) in [6, 6.07) is 5.86. The van der Waals surface area contributed by atoms with Crippen LogP contribution in [0.3, 0.4) is 0 Å². The van der Waals surface area contributed by atoms with Gasteiger partial charge in [-0.25, -0.2) is 9.78 Å². The smallest absolute Gasteiger partial charge is 0.320 e. The van der Waals surface area contributed by atoms with Crippen LogP contribution in [-0.2, 0) is 13.0 Å². The van der Waals surface area contributed by atoms with Crippen molar-refractivity contribution < 1.29 is 9.53 Å². The average molecular weight is 331 g/mol. The highest BCUT2D eigenvalue weighted by Gasteiger charge is 2.19. The molecular formula is C17H21N3O2S. The molecule has 0 aliphatic carbocycles. The number of carbonyl (C=O) groups excluding carboxylic acids is 1. The van der Waals surface area contributed by atoms with E-state index in [4.69, 9.17) is 4.74 Å². The Morgan fingerprint density at radius 2 is 2.30 bits per heavy atom. The fraction of sp³-hybridized carbons (Fsp3) is 0.412. The van der Waals surface area contributed by atoms with E-state index in [0.717, 1.165) is 28.4 Å². The Bertz CT molecular complexity index is 712. The lowest BCUT2D eigenvalue weighted by atomic mass is 10.1. The van der Waals surface area contributed by atoms with Crippen LogP contribution in [0.1, 0.15) is 43.5 Å². The molecule has 5 nitrogen and oxygen atoms in total. The molecule has 0 bridgehead atoms. The van der Waals surface area contributed by atoms with Crippen molar-refractivity contribution in [3.63, 3.8) is 0 Å². The Morgan fingerprint density at radius 3 is 3.09 bits per heavy atom. The van der Waals surface area contributed by atoms with Crippen molar-refractivity contribution in [3.05, 3.63) is 40.5 Å². The van der Waals surface area contributed by atoms with Crippen molar-refractivity contribution in [1.82, 2.24) is 10.3 Å². The summed E-state index contributed by atoms with van der Waals surface area (Å²) < 4.78 is 5.69. The molecule has 2 aromatic rings. The number of nitrogens with one attached hydrogen (secondary N) is 2. The molecule has 6 heteroatoms. The molecule has 23 heavy (non-hydrogen) atoms. The number of ether oxygens (including phenoxy) is 1. The normalized spacial score (nSPS) is 16.1. The number of hydrogen-bond acceptors (Lipinski definition) is 4. The van der Waals surface area contributed by atoms with Crippen molar-refractivity contribution in [3.8, 4) is 5.75 Å². The summed E-state index contributed by atoms with van der Waals surface area (Å²) in [5.74, 6) is 1.24. The first-order valence-corrected chi connectivity index (χ1v) is 8.67. The van der Waals surface area contributed by atoms with Gasteiger partial charge in [0.25, 0.3) is 0 Å². The van der Waals surface area contributed by atoms with Gasteiger partial charge in [0.05, 0.1) is 11.2 Å². The number of thiazole rings is 1. The standard InChI is InChI=1S/C17H21N3O2S/c1-10(2)15-16(23-9-19-15)20-17(21)18-8-12-4-5-14-13(7-12)6-11(3)22-14/h4-5,7,9-11H,6,8H2,1-3H3,(H2,18,20,21). The molecule has 1 aliphatic rings. The predicted molar refractivity (Wildman–Crippen MR) is 92.3 cm³/mol. The van der Waals surface area contributed by atoms with Gasteiger partial charge < -0.3 is 10.1 Å². The molecule has 0 spiro atoms. The number of aromatic nitrogens is 1. The molecule has 1 aromatic carbocycles. The lowest BCUT2D eigenvalue weighted by molar-refractivity contribution is 0.252. The van der Waals surface area contributed by atoms with Crippen LogP contribution in [0.25, 0.3) is 0 Å². The van der Waals surface area contributed by atoms with E-state index in [2.05, 4.69) is 42.5 Å². The van der Waals surface area contributed by atoms with Gasteiger partial charge in [0.2, 0.25) is 0 Å². The van der Waals surface area contributed by atoms with E-state index in [9.17, 15) is 4.79 Å². The summed E-state index contributed by atoms with van der Waals surface area (Å²) in [6.07, 6.45) is 1.16. The van der Waals surface area contributed by atoms with Gasteiger partial charge in [-0.2, -0.15) is 0 Å². The fourth-order valence-electron chi connectivity index (χ4n) is 2.67. The first kappa shape index (κ1) is 15.8. The number of amides is 2. The van der Waals surface area contributed by atoms with Crippen molar-refractivity contribution in [2.75, 3.05) is 5.32 Å². The maximum absolute atomic E-state index is 12.1. The monoisotopic (exact) mass is 331 g/mol. The Morgan fingerprint density at radius 1 is 1.48 bits per heavy atom. The molecule has 2 N–H and O–H groups in total. The Hall–Kier alpha value is -2.08. The molecule has 0 fully saturated rings. The molecule has 2 amide bonds. The number of urea groups is 1. The molecule has 1 unspecified atom stereocenters. The van der Waals surface area contributed by atoms with E-state index in [1.807, 2.05) is 12.1 Å². The Kier molecular flexibility index (Phi) is 4.52. The van der Waals surface area contributed by atoms with Crippen LogP contribution in [0, 0.1) is 0 Å². The maximum atomic E-state index is 12.1. The van der Waals surface area contributed by atoms with Crippen molar-refractivity contribution in [1.29, 1.82) is 0 Å². The number of carbonyl (C=O) groups is 1. The number of anilines is 1. The van der Waals surface area contributed by atoms with E-state index < -0.39 is 0 Å². The molecule has 2 heterocycles. The van der Waals surface area contributed by atoms with Crippen molar-refractivity contribution in [2.45, 2.75) is 45.8 Å². The van der Waals surface area contributed by atoms with Crippen LogP contribution in [0.15, 0.2) is 23.7 Å². The molecule has 1 aliphatic heterocycles. The topological polar surface area (TPSA) is 63.2 Å². The Labute approximate surface area is 140 Å². The first-order chi connectivity index (χ1) is 11.0. The summed E-state index contributed by atoms with van der Waals surface area (Å²) in [4.78, 5) is 16.4. The summed E-state index contributed by atoms with van der Waals surface area (Å²) in [5, 5.41) is 6.59. The van der Waals surface area contributed by atoms with Crippen LogP contribution < -0.4 is 15.4 Å². The van der Waals surface area contributed by atoms with Gasteiger partial charge in [0, 0.05) is 13.0 Å². The minimum absolute atomic E-state index is 0.207. The molecule has 0 saturated carbocycles. The van der Waals surface area contributed by atoms with Gasteiger partial charge in [0.1, 0.15) is 16.9 Å². The predicted octanol–water partition coefficient (Wildman–Crippen LogP) is 3.91. The fourth-order valence-corrected chi connectivity index (χ4v) is 3.51. The maximum Gasteiger partial charge on any atom is 0.320 e. The number of hydrogen-bond donors (Lipinski definition) is 2. The van der Waals surface area contributed by atoms with E-state index >= 15 is 0 Å². The van der Waals surface area contributed by atoms with Crippen molar-refractivity contribution >= 4 is 22.4 Å². The minimum Gasteiger partial charge on any atom is -0.490 e. The van der Waals surface area contributed by atoms with Gasteiger partial charge >= 0.3 is 6.03 Å². The van der Waals surface area contributed by atoms with Crippen LogP contribution in [-0.4, -0.2) is 17.1 Å². The Balaban J connectivity index is 1.57.